The predicted octanol–water partition coefficient (Wildman–Crippen LogP) is 1.60. The Labute approximate surface area is 128 Å². The number of ether oxygens (including phenoxy) is 1. The Bertz CT molecular complexity index is 787. The Morgan fingerprint density at radius 1 is 1.22 bits per heavy atom. The minimum absolute atomic E-state index is 0.298. The number of nitrogens with zero attached hydrogens (tertiary/aromatic N) is 2. The van der Waals surface area contributed by atoms with Crippen LogP contribution in [0.1, 0.15) is 0 Å². The van der Waals surface area contributed by atoms with Crippen LogP contribution in [0, 0.1) is 0 Å². The molecular formula is C12H10F3N3O4S. The number of halogens is 3. The average Bonchev–Trinajstić information content (AvgIpc) is 2.94. The number of carbonyl (C=O) groups excluding carboxylic acids is 1. The maximum atomic E-state index is 12.5. The van der Waals surface area contributed by atoms with Gasteiger partial charge in [0.25, 0.3) is 5.91 Å². The zero-order chi connectivity index (χ0) is 17.1. The zero-order valence-electron chi connectivity index (χ0n) is 11.3. The molecule has 0 aliphatic carbocycles. The molecule has 7 nitrogen and oxygen atoms in total. The molecule has 1 amide bonds. The quantitative estimate of drug-likeness (QED) is 0.885. The first-order chi connectivity index (χ1) is 10.7. The molecule has 0 aliphatic heterocycles. The van der Waals surface area contributed by atoms with Crippen molar-refractivity contribution in [2.45, 2.75) is 5.51 Å². The van der Waals surface area contributed by atoms with Gasteiger partial charge in [-0.15, -0.1) is 4.09 Å². The predicted molar refractivity (Wildman–Crippen MR) is 73.2 cm³/mol. The third-order valence-electron chi connectivity index (χ3n) is 2.51. The lowest BCUT2D eigenvalue weighted by Gasteiger charge is -2.12. The van der Waals surface area contributed by atoms with Gasteiger partial charge >= 0.3 is 15.5 Å². The van der Waals surface area contributed by atoms with Gasteiger partial charge in [-0.1, -0.05) is 18.2 Å². The molecule has 11 heteroatoms. The molecule has 0 fully saturated rings. The summed E-state index contributed by atoms with van der Waals surface area (Å²) < 4.78 is 64.9. The minimum atomic E-state index is -5.73. The van der Waals surface area contributed by atoms with Gasteiger partial charge < -0.3 is 10.1 Å². The zero-order valence-corrected chi connectivity index (χ0v) is 12.1. The van der Waals surface area contributed by atoms with E-state index in [0.717, 1.165) is 12.3 Å². The molecule has 0 radical (unpaired) electrons. The number of carbonyl (C=O) groups is 1. The monoisotopic (exact) mass is 349 g/mol. The lowest BCUT2D eigenvalue weighted by molar-refractivity contribution is -0.118. The molecule has 124 valence electrons. The van der Waals surface area contributed by atoms with Crippen molar-refractivity contribution in [3.05, 3.63) is 42.6 Å². The van der Waals surface area contributed by atoms with Gasteiger partial charge in [0.1, 0.15) is 11.6 Å². The van der Waals surface area contributed by atoms with E-state index in [9.17, 15) is 26.4 Å². The van der Waals surface area contributed by atoms with E-state index in [-0.39, 0.29) is 4.09 Å². The highest BCUT2D eigenvalue weighted by Gasteiger charge is 2.49. The van der Waals surface area contributed by atoms with Crippen molar-refractivity contribution in [3.8, 4) is 5.75 Å². The Kier molecular flexibility index (Phi) is 4.59. The van der Waals surface area contributed by atoms with Crippen LogP contribution in [0.25, 0.3) is 0 Å². The van der Waals surface area contributed by atoms with Gasteiger partial charge in [-0.25, -0.2) is 0 Å². The summed E-state index contributed by atoms with van der Waals surface area (Å²) in [5, 5.41) is 5.08. The number of amides is 1. The van der Waals surface area contributed by atoms with E-state index in [1.807, 2.05) is 5.32 Å². The minimum Gasteiger partial charge on any atom is -0.484 e. The van der Waals surface area contributed by atoms with Gasteiger partial charge in [0.15, 0.2) is 6.61 Å². The van der Waals surface area contributed by atoms with E-state index < -0.39 is 33.9 Å². The maximum Gasteiger partial charge on any atom is 0.518 e. The third-order valence-corrected chi connectivity index (χ3v) is 3.84. The van der Waals surface area contributed by atoms with Crippen LogP contribution in [0.5, 0.6) is 5.75 Å². The van der Waals surface area contributed by atoms with Gasteiger partial charge in [-0.2, -0.15) is 26.7 Å². The fraction of sp³-hybridized carbons (Fsp3) is 0.167. The number of hydrogen-bond donors (Lipinski definition) is 1. The molecule has 0 bridgehead atoms. The molecule has 0 unspecified atom stereocenters. The van der Waals surface area contributed by atoms with Crippen molar-refractivity contribution in [1.29, 1.82) is 0 Å². The van der Waals surface area contributed by atoms with Crippen molar-refractivity contribution < 1.29 is 31.1 Å². The Balaban J connectivity index is 2.07. The molecule has 1 aromatic carbocycles. The lowest BCUT2D eigenvalue weighted by Crippen LogP contribution is -2.32. The fourth-order valence-electron chi connectivity index (χ4n) is 1.51. The first-order valence-corrected chi connectivity index (χ1v) is 7.49. The molecule has 2 rings (SSSR count). The van der Waals surface area contributed by atoms with Crippen LogP contribution in [0.4, 0.5) is 19.0 Å². The summed E-state index contributed by atoms with van der Waals surface area (Å²) in [6.45, 7) is -0.513. The number of para-hydroxylation sites is 1. The van der Waals surface area contributed by atoms with Crippen LogP contribution >= 0.6 is 0 Å². The highest BCUT2D eigenvalue weighted by molar-refractivity contribution is 7.90. The van der Waals surface area contributed by atoms with Crippen molar-refractivity contribution >= 4 is 21.7 Å². The molecule has 1 aromatic heterocycles. The van der Waals surface area contributed by atoms with Crippen LogP contribution in [0.3, 0.4) is 0 Å². The average molecular weight is 349 g/mol. The van der Waals surface area contributed by atoms with Crippen molar-refractivity contribution in [1.82, 2.24) is 9.19 Å². The van der Waals surface area contributed by atoms with E-state index in [0.29, 0.717) is 5.75 Å². The Morgan fingerprint density at radius 2 is 1.87 bits per heavy atom. The Hall–Kier alpha value is -2.56. The summed E-state index contributed by atoms with van der Waals surface area (Å²) in [4.78, 5) is 11.7. The van der Waals surface area contributed by atoms with Gasteiger partial charge in [-0.05, 0) is 12.1 Å². The fourth-order valence-corrected chi connectivity index (χ4v) is 2.25. The van der Waals surface area contributed by atoms with E-state index >= 15 is 0 Å². The molecule has 23 heavy (non-hydrogen) atoms. The molecule has 0 saturated carbocycles. The first kappa shape index (κ1) is 16.8. The van der Waals surface area contributed by atoms with Gasteiger partial charge in [0.05, 0.1) is 6.20 Å². The molecule has 0 atom stereocenters. The molecular weight excluding hydrogens is 339 g/mol. The summed E-state index contributed by atoms with van der Waals surface area (Å²) >= 11 is 0. The molecule has 0 saturated heterocycles. The van der Waals surface area contributed by atoms with Gasteiger partial charge in [0.2, 0.25) is 0 Å². The first-order valence-electron chi connectivity index (χ1n) is 6.05. The van der Waals surface area contributed by atoms with E-state index in [4.69, 9.17) is 4.74 Å². The van der Waals surface area contributed by atoms with Crippen LogP contribution < -0.4 is 10.1 Å². The summed E-state index contributed by atoms with van der Waals surface area (Å²) in [5.74, 6) is -1.10. The normalized spacial score (nSPS) is 12.0. The summed E-state index contributed by atoms with van der Waals surface area (Å²) in [7, 11) is -5.73. The molecule has 1 heterocycles. The summed E-state index contributed by atoms with van der Waals surface area (Å²) in [5.41, 5.74) is -5.54. The summed E-state index contributed by atoms with van der Waals surface area (Å²) in [6, 6.07) is 9.13. The van der Waals surface area contributed by atoms with Gasteiger partial charge in [0, 0.05) is 6.07 Å². The molecule has 0 aliphatic rings. The van der Waals surface area contributed by atoms with E-state index in [1.54, 1.807) is 30.3 Å². The lowest BCUT2D eigenvalue weighted by atomic mass is 10.3. The maximum absolute atomic E-state index is 12.5. The van der Waals surface area contributed by atoms with E-state index in [2.05, 4.69) is 5.10 Å². The number of nitrogens with one attached hydrogen (secondary N) is 1. The molecule has 1 N–H and O–H groups in total. The summed E-state index contributed by atoms with van der Waals surface area (Å²) in [6.07, 6.45) is 0.816. The SMILES string of the molecule is O=C(COc1ccccc1)Nc1ccnn1S(=O)(=O)C(F)(F)F. The van der Waals surface area contributed by atoms with Crippen LogP contribution in [-0.4, -0.2) is 35.6 Å². The highest BCUT2D eigenvalue weighted by atomic mass is 32.2. The van der Waals surface area contributed by atoms with Gasteiger partial charge in [-0.3, -0.25) is 4.79 Å². The van der Waals surface area contributed by atoms with E-state index in [1.165, 1.54) is 0 Å². The molecule has 0 spiro atoms. The second-order valence-electron chi connectivity index (χ2n) is 4.16. The number of alkyl halides is 3. The smallest absolute Gasteiger partial charge is 0.484 e. The number of rotatable bonds is 5. The number of hydrogen-bond acceptors (Lipinski definition) is 5. The second kappa shape index (κ2) is 6.28. The Morgan fingerprint density at radius 3 is 2.48 bits per heavy atom. The topological polar surface area (TPSA) is 90.3 Å². The van der Waals surface area contributed by atoms with Crippen molar-refractivity contribution in [3.63, 3.8) is 0 Å². The van der Waals surface area contributed by atoms with Crippen LogP contribution in [-0.2, 0) is 14.8 Å². The second-order valence-corrected chi connectivity index (χ2v) is 5.92. The van der Waals surface area contributed by atoms with Crippen molar-refractivity contribution in [2.24, 2.45) is 0 Å². The number of aromatic nitrogens is 2. The van der Waals surface area contributed by atoms with Crippen molar-refractivity contribution in [2.75, 3.05) is 11.9 Å². The molecule has 2 aromatic rings. The standard InChI is InChI=1S/C12H10F3N3O4S/c13-12(14,15)23(20,21)18-10(6-7-16-18)17-11(19)8-22-9-4-2-1-3-5-9/h1-7H,8H2,(H,17,19). The van der Waals surface area contributed by atoms with Crippen LogP contribution in [0.15, 0.2) is 42.6 Å². The third kappa shape index (κ3) is 3.80. The number of anilines is 1. The highest BCUT2D eigenvalue weighted by Crippen LogP contribution is 2.27. The largest absolute Gasteiger partial charge is 0.518 e. The van der Waals surface area contributed by atoms with Crippen LogP contribution in [0.2, 0.25) is 0 Å². The number of benzene rings is 1.